The Labute approximate surface area is 211 Å². The number of ether oxygens (including phenoxy) is 1. The summed E-state index contributed by atoms with van der Waals surface area (Å²) in [5, 5.41) is 0. The number of unbranched alkanes of at least 4 members (excludes halogenated alkanes) is 1. The molecule has 1 aliphatic heterocycles. The first-order valence-corrected chi connectivity index (χ1v) is 12.7. The fraction of sp³-hybridized carbons (Fsp3) is 0.333. The number of likely N-dealkylation sites (tertiary alicyclic amines) is 1. The molecule has 1 amide bonds. The number of carbonyl (C=O) groups excluding carboxylic acids is 1. The van der Waals surface area contributed by atoms with Gasteiger partial charge in [-0.25, -0.2) is 9.37 Å². The number of imidazole rings is 1. The highest BCUT2D eigenvalue weighted by Crippen LogP contribution is 2.31. The largest absolute Gasteiger partial charge is 0.493 e. The van der Waals surface area contributed by atoms with Gasteiger partial charge >= 0.3 is 0 Å². The first-order valence-electron chi connectivity index (χ1n) is 12.7. The summed E-state index contributed by atoms with van der Waals surface area (Å²) in [6.07, 6.45) is 2.33. The van der Waals surface area contributed by atoms with E-state index < -0.39 is 0 Å². The maximum absolute atomic E-state index is 13.3. The van der Waals surface area contributed by atoms with Gasteiger partial charge in [0.1, 0.15) is 17.4 Å². The zero-order valence-electron chi connectivity index (χ0n) is 20.9. The molecule has 36 heavy (non-hydrogen) atoms. The quantitative estimate of drug-likeness (QED) is 0.267. The highest BCUT2D eigenvalue weighted by atomic mass is 19.1. The lowest BCUT2D eigenvalue weighted by molar-refractivity contribution is -0.128. The first-order chi connectivity index (χ1) is 17.5. The van der Waals surface area contributed by atoms with Crippen molar-refractivity contribution in [1.82, 2.24) is 14.5 Å². The van der Waals surface area contributed by atoms with Crippen LogP contribution in [0.1, 0.15) is 47.7 Å². The van der Waals surface area contributed by atoms with Gasteiger partial charge in [0.25, 0.3) is 0 Å². The second-order valence-electron chi connectivity index (χ2n) is 9.74. The molecule has 1 aliphatic rings. The van der Waals surface area contributed by atoms with Gasteiger partial charge < -0.3 is 14.2 Å². The predicted molar refractivity (Wildman–Crippen MR) is 140 cm³/mol. The fourth-order valence-corrected chi connectivity index (χ4v) is 4.97. The number of aromatic nitrogens is 2. The Morgan fingerprint density at radius 1 is 1.03 bits per heavy atom. The third-order valence-electron chi connectivity index (χ3n) is 6.93. The number of para-hydroxylation sites is 2. The average molecular weight is 486 g/mol. The van der Waals surface area contributed by atoms with Crippen LogP contribution in [0.3, 0.4) is 0 Å². The average Bonchev–Trinajstić information content (AvgIpc) is 3.42. The molecular formula is C30H32FN3O2. The summed E-state index contributed by atoms with van der Waals surface area (Å²) in [6, 6.07) is 20.8. The van der Waals surface area contributed by atoms with Crippen molar-refractivity contribution < 1.29 is 13.9 Å². The maximum atomic E-state index is 13.3. The third kappa shape index (κ3) is 5.27. The number of amides is 1. The van der Waals surface area contributed by atoms with Gasteiger partial charge in [0.05, 0.1) is 17.6 Å². The van der Waals surface area contributed by atoms with Gasteiger partial charge in [0.15, 0.2) is 0 Å². The van der Waals surface area contributed by atoms with Crippen molar-refractivity contribution in [2.45, 2.75) is 52.1 Å². The zero-order chi connectivity index (χ0) is 25.1. The molecular weight excluding hydrogens is 453 g/mol. The molecule has 0 radical (unpaired) electrons. The number of rotatable bonds is 9. The maximum Gasteiger partial charge on any atom is 0.223 e. The van der Waals surface area contributed by atoms with Crippen molar-refractivity contribution in [1.29, 1.82) is 0 Å². The van der Waals surface area contributed by atoms with Crippen LogP contribution in [0.4, 0.5) is 4.39 Å². The van der Waals surface area contributed by atoms with Crippen LogP contribution in [-0.4, -0.2) is 33.5 Å². The van der Waals surface area contributed by atoms with Crippen LogP contribution in [-0.2, 0) is 17.9 Å². The fourth-order valence-electron chi connectivity index (χ4n) is 4.97. The first kappa shape index (κ1) is 24.0. The molecule has 2 heterocycles. The molecule has 5 rings (SSSR count). The predicted octanol–water partition coefficient (Wildman–Crippen LogP) is 6.17. The molecule has 6 heteroatoms. The minimum atomic E-state index is -0.266. The van der Waals surface area contributed by atoms with Crippen LogP contribution >= 0.6 is 0 Å². The van der Waals surface area contributed by atoms with Gasteiger partial charge in [-0.15, -0.1) is 0 Å². The van der Waals surface area contributed by atoms with Gasteiger partial charge in [-0.1, -0.05) is 36.4 Å². The third-order valence-corrected chi connectivity index (χ3v) is 6.93. The number of nitrogens with zero attached hydrogens (tertiary/aromatic N) is 3. The van der Waals surface area contributed by atoms with Crippen molar-refractivity contribution >= 4 is 16.9 Å². The highest BCUT2D eigenvalue weighted by Gasteiger charge is 2.33. The smallest absolute Gasteiger partial charge is 0.223 e. The van der Waals surface area contributed by atoms with Gasteiger partial charge in [0, 0.05) is 32.0 Å². The minimum absolute atomic E-state index is 0.0385. The molecule has 186 valence electrons. The molecule has 0 bridgehead atoms. The molecule has 0 spiro atoms. The summed E-state index contributed by atoms with van der Waals surface area (Å²) in [4.78, 5) is 19.7. The van der Waals surface area contributed by atoms with Crippen LogP contribution in [0.25, 0.3) is 11.0 Å². The summed E-state index contributed by atoms with van der Waals surface area (Å²) < 4.78 is 21.6. The van der Waals surface area contributed by atoms with Gasteiger partial charge in [-0.2, -0.15) is 0 Å². The molecule has 4 aromatic rings. The lowest BCUT2D eigenvalue weighted by atomic mass is 10.1. The Morgan fingerprint density at radius 2 is 1.83 bits per heavy atom. The SMILES string of the molecule is Cc1ccc(C)c(OCCCCn2c(C3CC(=O)N(Cc4ccc(F)cc4)C3)nc3ccccc32)c1. The second kappa shape index (κ2) is 10.5. The molecule has 5 nitrogen and oxygen atoms in total. The van der Waals surface area contributed by atoms with Gasteiger partial charge in [-0.3, -0.25) is 4.79 Å². The number of fused-ring (bicyclic) bond motifs is 1. The van der Waals surface area contributed by atoms with Crippen molar-refractivity contribution in [2.75, 3.05) is 13.2 Å². The minimum Gasteiger partial charge on any atom is -0.493 e. The standard InChI is InChI=1S/C30H32FN3O2/c1-21-9-10-22(2)28(17-21)36-16-6-5-15-34-27-8-4-3-7-26(27)32-30(34)24-18-29(35)33(20-24)19-23-11-13-25(31)14-12-23/h3-4,7-14,17,24H,5-6,15-16,18-20H2,1-2H3. The van der Waals surface area contributed by atoms with E-state index in [1.54, 1.807) is 12.1 Å². The zero-order valence-corrected chi connectivity index (χ0v) is 20.9. The number of carbonyl (C=O) groups is 1. The number of halogens is 1. The number of benzene rings is 3. The normalized spacial score (nSPS) is 15.7. The molecule has 1 unspecified atom stereocenters. The Morgan fingerprint density at radius 3 is 2.67 bits per heavy atom. The Balaban J connectivity index is 1.26. The molecule has 0 aliphatic carbocycles. The van der Waals surface area contributed by atoms with E-state index in [9.17, 15) is 9.18 Å². The second-order valence-corrected chi connectivity index (χ2v) is 9.74. The van der Waals surface area contributed by atoms with Gasteiger partial charge in [-0.05, 0) is 73.7 Å². The number of hydrogen-bond donors (Lipinski definition) is 0. The lowest BCUT2D eigenvalue weighted by Crippen LogP contribution is -2.24. The summed E-state index contributed by atoms with van der Waals surface area (Å²) >= 11 is 0. The topological polar surface area (TPSA) is 47.4 Å². The molecule has 1 atom stereocenters. The van der Waals surface area contributed by atoms with Gasteiger partial charge in [0.2, 0.25) is 5.91 Å². The monoisotopic (exact) mass is 485 g/mol. The van der Waals surface area contributed by atoms with E-state index >= 15 is 0 Å². The molecule has 1 fully saturated rings. The molecule has 0 N–H and O–H groups in total. The summed E-state index contributed by atoms with van der Waals surface area (Å²) in [5.74, 6) is 1.81. The van der Waals surface area contributed by atoms with E-state index in [4.69, 9.17) is 9.72 Å². The number of aryl methyl sites for hydroxylation is 3. The van der Waals surface area contributed by atoms with Crippen LogP contribution in [0.5, 0.6) is 5.75 Å². The number of hydrogen-bond acceptors (Lipinski definition) is 3. The molecule has 1 saturated heterocycles. The molecule has 3 aromatic carbocycles. The van der Waals surface area contributed by atoms with E-state index in [0.29, 0.717) is 26.1 Å². The van der Waals surface area contributed by atoms with Crippen molar-refractivity contribution in [3.05, 3.63) is 95.1 Å². The van der Waals surface area contributed by atoms with E-state index in [2.05, 4.69) is 42.7 Å². The van der Waals surface area contributed by atoms with E-state index in [1.807, 2.05) is 23.1 Å². The Bertz CT molecular complexity index is 1360. The van der Waals surface area contributed by atoms with Crippen molar-refractivity contribution in [3.8, 4) is 5.75 Å². The van der Waals surface area contributed by atoms with Crippen molar-refractivity contribution in [3.63, 3.8) is 0 Å². The summed E-state index contributed by atoms with van der Waals surface area (Å²) in [6.45, 7) is 6.75. The summed E-state index contributed by atoms with van der Waals surface area (Å²) in [7, 11) is 0. The van der Waals surface area contributed by atoms with E-state index in [-0.39, 0.29) is 17.6 Å². The molecule has 0 saturated carbocycles. The Hall–Kier alpha value is -3.67. The lowest BCUT2D eigenvalue weighted by Gasteiger charge is -2.17. The molecule has 1 aromatic heterocycles. The highest BCUT2D eigenvalue weighted by molar-refractivity contribution is 5.81. The van der Waals surface area contributed by atoms with Crippen LogP contribution in [0.2, 0.25) is 0 Å². The van der Waals surface area contributed by atoms with Crippen LogP contribution in [0, 0.1) is 19.7 Å². The van der Waals surface area contributed by atoms with Crippen molar-refractivity contribution in [2.24, 2.45) is 0 Å². The van der Waals surface area contributed by atoms with Crippen LogP contribution < -0.4 is 4.74 Å². The van der Waals surface area contributed by atoms with Crippen LogP contribution in [0.15, 0.2) is 66.7 Å². The van der Waals surface area contributed by atoms with E-state index in [1.165, 1.54) is 17.7 Å². The summed E-state index contributed by atoms with van der Waals surface area (Å²) in [5.41, 5.74) is 5.35. The van der Waals surface area contributed by atoms with E-state index in [0.717, 1.165) is 53.1 Å². The Kier molecular flexibility index (Phi) is 7.03.